The van der Waals surface area contributed by atoms with Crippen molar-refractivity contribution < 1.29 is 4.39 Å². The molecule has 0 fully saturated rings. The van der Waals surface area contributed by atoms with E-state index in [2.05, 4.69) is 13.2 Å². The normalized spacial score (nSPS) is 12.2. The van der Waals surface area contributed by atoms with Crippen LogP contribution < -0.4 is 5.73 Å². The van der Waals surface area contributed by atoms with Gasteiger partial charge in [0, 0.05) is 0 Å². The van der Waals surface area contributed by atoms with Gasteiger partial charge in [-0.15, -0.1) is 0 Å². The average molecular weight is 127 g/mol. The van der Waals surface area contributed by atoms with Gasteiger partial charge >= 0.3 is 0 Å². The molecule has 0 rings (SSSR count). The molecule has 0 aromatic carbocycles. The molecule has 0 saturated heterocycles. The molecule has 0 aliphatic carbocycles. The molecule has 0 saturated carbocycles. The smallest absolute Gasteiger partial charge is 0.148 e. The molecular formula is C7H10FN. The lowest BCUT2D eigenvalue weighted by Crippen LogP contribution is -1.96. The summed E-state index contributed by atoms with van der Waals surface area (Å²) in [5, 5.41) is 0. The van der Waals surface area contributed by atoms with Crippen molar-refractivity contribution in [3.05, 3.63) is 36.3 Å². The molecule has 0 bridgehead atoms. The van der Waals surface area contributed by atoms with Crippen LogP contribution in [-0.4, -0.2) is 0 Å². The van der Waals surface area contributed by atoms with Gasteiger partial charge in [-0.1, -0.05) is 13.2 Å². The van der Waals surface area contributed by atoms with Crippen LogP contribution in [0.25, 0.3) is 0 Å². The van der Waals surface area contributed by atoms with Crippen molar-refractivity contribution in [3.8, 4) is 0 Å². The van der Waals surface area contributed by atoms with Gasteiger partial charge in [-0.3, -0.25) is 0 Å². The first-order chi connectivity index (χ1) is 4.09. The molecule has 0 heterocycles. The maximum Gasteiger partial charge on any atom is 0.148 e. The molecule has 9 heavy (non-hydrogen) atoms. The van der Waals surface area contributed by atoms with Crippen molar-refractivity contribution in [1.29, 1.82) is 0 Å². The fourth-order valence-corrected chi connectivity index (χ4v) is 0.336. The lowest BCUT2D eigenvalue weighted by molar-refractivity contribution is 0.642. The van der Waals surface area contributed by atoms with Crippen LogP contribution in [0.3, 0.4) is 0 Å². The molecule has 0 aromatic rings. The lowest BCUT2D eigenvalue weighted by Gasteiger charge is -1.95. The molecule has 0 spiro atoms. The highest BCUT2D eigenvalue weighted by Crippen LogP contribution is 2.10. The number of hydrogen-bond acceptors (Lipinski definition) is 1. The zero-order valence-electron chi connectivity index (χ0n) is 5.45. The molecular weight excluding hydrogens is 117 g/mol. The van der Waals surface area contributed by atoms with Gasteiger partial charge in [0.05, 0.1) is 5.70 Å². The van der Waals surface area contributed by atoms with Gasteiger partial charge in [-0.05, 0) is 18.6 Å². The van der Waals surface area contributed by atoms with E-state index in [1.165, 1.54) is 6.08 Å². The van der Waals surface area contributed by atoms with Gasteiger partial charge in [-0.2, -0.15) is 0 Å². The monoisotopic (exact) mass is 127 g/mol. The van der Waals surface area contributed by atoms with Gasteiger partial charge in [0.1, 0.15) is 5.83 Å². The number of rotatable bonds is 2. The Kier molecular flexibility index (Phi) is 2.71. The summed E-state index contributed by atoms with van der Waals surface area (Å²) in [6.07, 6.45) is 1.25. The molecule has 0 aromatic heterocycles. The first kappa shape index (κ1) is 7.95. The third-order valence-corrected chi connectivity index (χ3v) is 0.848. The summed E-state index contributed by atoms with van der Waals surface area (Å²) < 4.78 is 12.5. The van der Waals surface area contributed by atoms with Crippen LogP contribution in [0.5, 0.6) is 0 Å². The minimum Gasteiger partial charge on any atom is -0.396 e. The summed E-state index contributed by atoms with van der Waals surface area (Å²) in [5.74, 6) is -0.481. The first-order valence-corrected chi connectivity index (χ1v) is 2.53. The summed E-state index contributed by atoms with van der Waals surface area (Å²) in [7, 11) is 0. The first-order valence-electron chi connectivity index (χ1n) is 2.53. The third-order valence-electron chi connectivity index (χ3n) is 0.848. The Labute approximate surface area is 54.4 Å². The highest BCUT2D eigenvalue weighted by Gasteiger charge is 1.97. The molecule has 0 unspecified atom stereocenters. The zero-order chi connectivity index (χ0) is 7.44. The maximum absolute atomic E-state index is 12.5. The van der Waals surface area contributed by atoms with Crippen molar-refractivity contribution in [3.63, 3.8) is 0 Å². The maximum atomic E-state index is 12.5. The van der Waals surface area contributed by atoms with E-state index in [-0.39, 0.29) is 5.70 Å². The van der Waals surface area contributed by atoms with Crippen LogP contribution in [0, 0.1) is 0 Å². The van der Waals surface area contributed by atoms with E-state index < -0.39 is 5.83 Å². The zero-order valence-corrected chi connectivity index (χ0v) is 5.45. The van der Waals surface area contributed by atoms with E-state index in [4.69, 9.17) is 5.73 Å². The molecule has 2 N–H and O–H groups in total. The van der Waals surface area contributed by atoms with Crippen LogP contribution in [0.15, 0.2) is 36.3 Å². The van der Waals surface area contributed by atoms with Crippen LogP contribution in [0.2, 0.25) is 0 Å². The van der Waals surface area contributed by atoms with Gasteiger partial charge in [0.2, 0.25) is 0 Å². The average Bonchev–Trinajstić information content (AvgIpc) is 1.84. The molecule has 1 nitrogen and oxygen atoms in total. The second kappa shape index (κ2) is 3.07. The van der Waals surface area contributed by atoms with E-state index in [0.717, 1.165) is 0 Å². The van der Waals surface area contributed by atoms with Crippen LogP contribution in [-0.2, 0) is 0 Å². The number of hydrogen-bond donors (Lipinski definition) is 1. The summed E-state index contributed by atoms with van der Waals surface area (Å²) >= 11 is 0. The van der Waals surface area contributed by atoms with Gasteiger partial charge in [-0.25, -0.2) is 4.39 Å². The minimum atomic E-state index is -0.481. The third kappa shape index (κ3) is 2.13. The fraction of sp³-hybridized carbons (Fsp3) is 0.143. The number of allylic oxidation sites excluding steroid dienone is 3. The summed E-state index contributed by atoms with van der Waals surface area (Å²) in [5.41, 5.74) is 5.51. The van der Waals surface area contributed by atoms with Crippen molar-refractivity contribution in [2.75, 3.05) is 0 Å². The molecule has 0 aliphatic rings. The van der Waals surface area contributed by atoms with E-state index in [0.29, 0.717) is 5.57 Å². The Morgan fingerprint density at radius 2 is 2.11 bits per heavy atom. The highest BCUT2D eigenvalue weighted by molar-refractivity contribution is 5.29. The predicted molar refractivity (Wildman–Crippen MR) is 37.3 cm³/mol. The summed E-state index contributed by atoms with van der Waals surface area (Å²) in [4.78, 5) is 0. The van der Waals surface area contributed by atoms with E-state index >= 15 is 0 Å². The molecule has 2 heteroatoms. The number of halogens is 1. The van der Waals surface area contributed by atoms with Crippen molar-refractivity contribution in [2.45, 2.75) is 6.92 Å². The molecule has 0 radical (unpaired) electrons. The highest BCUT2D eigenvalue weighted by atomic mass is 19.1. The van der Waals surface area contributed by atoms with Gasteiger partial charge in [0.15, 0.2) is 0 Å². The van der Waals surface area contributed by atoms with Gasteiger partial charge in [0.25, 0.3) is 0 Å². The van der Waals surface area contributed by atoms with E-state index in [9.17, 15) is 4.39 Å². The Bertz CT molecular complexity index is 168. The number of nitrogens with two attached hydrogens (primary N) is 1. The Morgan fingerprint density at radius 1 is 1.67 bits per heavy atom. The Balaban J connectivity index is 4.47. The molecule has 0 amide bonds. The van der Waals surface area contributed by atoms with Crippen molar-refractivity contribution in [1.82, 2.24) is 0 Å². The van der Waals surface area contributed by atoms with Crippen LogP contribution >= 0.6 is 0 Å². The topological polar surface area (TPSA) is 26.0 Å². The summed E-state index contributed by atoms with van der Waals surface area (Å²) in [6, 6.07) is 0. The van der Waals surface area contributed by atoms with Crippen molar-refractivity contribution in [2.24, 2.45) is 5.73 Å². The fourth-order valence-electron chi connectivity index (χ4n) is 0.336. The molecule has 0 atom stereocenters. The van der Waals surface area contributed by atoms with Gasteiger partial charge < -0.3 is 5.73 Å². The van der Waals surface area contributed by atoms with Crippen LogP contribution in [0.1, 0.15) is 6.92 Å². The minimum absolute atomic E-state index is 0.0440. The predicted octanol–water partition coefficient (Wildman–Crippen LogP) is 1.89. The quantitative estimate of drug-likeness (QED) is 0.563. The van der Waals surface area contributed by atoms with E-state index in [1.807, 2.05) is 0 Å². The Morgan fingerprint density at radius 3 is 2.22 bits per heavy atom. The largest absolute Gasteiger partial charge is 0.396 e. The Hall–Kier alpha value is -1.05. The van der Waals surface area contributed by atoms with Crippen LogP contribution in [0.4, 0.5) is 4.39 Å². The lowest BCUT2D eigenvalue weighted by atomic mass is 10.2. The van der Waals surface area contributed by atoms with Crippen molar-refractivity contribution >= 4 is 0 Å². The van der Waals surface area contributed by atoms with E-state index in [1.54, 1.807) is 6.92 Å². The molecule has 0 aliphatic heterocycles. The summed E-state index contributed by atoms with van der Waals surface area (Å²) in [6.45, 7) is 8.21. The second-order valence-corrected chi connectivity index (χ2v) is 1.75. The second-order valence-electron chi connectivity index (χ2n) is 1.75. The molecule has 50 valence electrons. The SMILES string of the molecule is C=C/C(N)=C(/F)C(=C)C. The standard InChI is InChI=1S/C7H10FN/c1-4-6(9)7(8)5(2)3/h4H,1-2,9H2,3H3/b7-6-.